The van der Waals surface area contributed by atoms with Gasteiger partial charge < -0.3 is 11.1 Å². The van der Waals surface area contributed by atoms with Gasteiger partial charge in [0, 0.05) is 17.8 Å². The van der Waals surface area contributed by atoms with E-state index in [1.54, 1.807) is 11.3 Å². The molecule has 0 aromatic carbocycles. The molecule has 0 bridgehead atoms. The van der Waals surface area contributed by atoms with Gasteiger partial charge in [0.2, 0.25) is 11.8 Å². The van der Waals surface area contributed by atoms with E-state index in [1.165, 1.54) is 23.4 Å². The van der Waals surface area contributed by atoms with Crippen molar-refractivity contribution < 1.29 is 4.92 Å². The molecule has 0 aliphatic heterocycles. The fourth-order valence-corrected chi connectivity index (χ4v) is 3.56. The molecule has 0 spiro atoms. The SMILES string of the molecule is Nc1nc(NCCc2nc3c(s2)CCCC3)ncc1[N+](=O)[O-]. The predicted molar refractivity (Wildman–Crippen MR) is 84.0 cm³/mol. The maximum atomic E-state index is 10.6. The molecule has 0 fully saturated rings. The highest BCUT2D eigenvalue weighted by Crippen LogP contribution is 2.26. The molecule has 0 unspecified atom stereocenters. The van der Waals surface area contributed by atoms with Crippen molar-refractivity contribution in [1.82, 2.24) is 15.0 Å². The van der Waals surface area contributed by atoms with Crippen LogP contribution in [0, 0.1) is 10.1 Å². The first-order valence-electron chi connectivity index (χ1n) is 7.11. The lowest BCUT2D eigenvalue weighted by Crippen LogP contribution is -2.10. The molecule has 0 radical (unpaired) electrons. The molecule has 3 N–H and O–H groups in total. The first kappa shape index (κ1) is 14.6. The average molecular weight is 320 g/mol. The molecular formula is C13H16N6O2S. The summed E-state index contributed by atoms with van der Waals surface area (Å²) in [6.07, 6.45) is 6.60. The molecule has 116 valence electrons. The predicted octanol–water partition coefficient (Wildman–Crippen LogP) is 1.96. The van der Waals surface area contributed by atoms with Gasteiger partial charge in [-0.2, -0.15) is 4.98 Å². The fourth-order valence-electron chi connectivity index (χ4n) is 2.41. The summed E-state index contributed by atoms with van der Waals surface area (Å²) in [5, 5.41) is 14.8. The number of aryl methyl sites for hydroxylation is 2. The summed E-state index contributed by atoms with van der Waals surface area (Å²) in [7, 11) is 0. The highest BCUT2D eigenvalue weighted by atomic mass is 32.1. The van der Waals surface area contributed by atoms with Crippen molar-refractivity contribution in [3.8, 4) is 0 Å². The van der Waals surface area contributed by atoms with Gasteiger partial charge in [-0.15, -0.1) is 11.3 Å². The van der Waals surface area contributed by atoms with Crippen LogP contribution >= 0.6 is 11.3 Å². The van der Waals surface area contributed by atoms with Crippen LogP contribution in [0.1, 0.15) is 28.4 Å². The third-order valence-corrected chi connectivity index (χ3v) is 4.72. The van der Waals surface area contributed by atoms with E-state index in [2.05, 4.69) is 20.3 Å². The minimum atomic E-state index is -0.598. The van der Waals surface area contributed by atoms with Crippen LogP contribution in [0.15, 0.2) is 6.20 Å². The lowest BCUT2D eigenvalue weighted by molar-refractivity contribution is -0.384. The van der Waals surface area contributed by atoms with E-state index in [9.17, 15) is 10.1 Å². The number of fused-ring (bicyclic) bond motifs is 1. The second-order valence-corrected chi connectivity index (χ2v) is 6.25. The molecule has 2 heterocycles. The van der Waals surface area contributed by atoms with Gasteiger partial charge in [0.05, 0.1) is 15.6 Å². The van der Waals surface area contributed by atoms with Crippen molar-refractivity contribution in [3.63, 3.8) is 0 Å². The molecule has 0 saturated carbocycles. The van der Waals surface area contributed by atoms with Crippen LogP contribution in [-0.2, 0) is 19.3 Å². The third kappa shape index (κ3) is 3.14. The Bertz CT molecular complexity index is 678. The van der Waals surface area contributed by atoms with Crippen molar-refractivity contribution in [2.45, 2.75) is 32.1 Å². The Morgan fingerprint density at radius 1 is 1.36 bits per heavy atom. The summed E-state index contributed by atoms with van der Waals surface area (Å²) in [6, 6.07) is 0. The molecule has 0 saturated heterocycles. The minimum absolute atomic E-state index is 0.132. The quantitative estimate of drug-likeness (QED) is 0.638. The van der Waals surface area contributed by atoms with Gasteiger partial charge in [0.15, 0.2) is 0 Å². The number of anilines is 2. The van der Waals surface area contributed by atoms with Gasteiger partial charge in [0.1, 0.15) is 6.20 Å². The van der Waals surface area contributed by atoms with Crippen molar-refractivity contribution in [2.24, 2.45) is 0 Å². The van der Waals surface area contributed by atoms with Crippen LogP contribution in [0.3, 0.4) is 0 Å². The number of hydrogen-bond acceptors (Lipinski definition) is 8. The highest BCUT2D eigenvalue weighted by Gasteiger charge is 2.16. The molecule has 1 aliphatic rings. The topological polar surface area (TPSA) is 120 Å². The molecule has 9 heteroatoms. The van der Waals surface area contributed by atoms with Gasteiger partial charge >= 0.3 is 5.69 Å². The first-order valence-corrected chi connectivity index (χ1v) is 7.93. The average Bonchev–Trinajstić information content (AvgIpc) is 2.89. The van der Waals surface area contributed by atoms with Crippen LogP contribution in [0.25, 0.3) is 0 Å². The van der Waals surface area contributed by atoms with E-state index < -0.39 is 4.92 Å². The van der Waals surface area contributed by atoms with Gasteiger partial charge in [-0.05, 0) is 25.7 Å². The molecule has 1 aliphatic carbocycles. The van der Waals surface area contributed by atoms with Crippen LogP contribution in [0.5, 0.6) is 0 Å². The third-order valence-electron chi connectivity index (χ3n) is 3.51. The van der Waals surface area contributed by atoms with Crippen molar-refractivity contribution in [1.29, 1.82) is 0 Å². The monoisotopic (exact) mass is 320 g/mol. The number of nitrogen functional groups attached to an aromatic ring is 1. The maximum Gasteiger partial charge on any atom is 0.329 e. The van der Waals surface area contributed by atoms with Crippen LogP contribution in [-0.4, -0.2) is 26.4 Å². The Morgan fingerprint density at radius 2 is 2.18 bits per heavy atom. The molecular weight excluding hydrogens is 304 g/mol. The summed E-state index contributed by atoms with van der Waals surface area (Å²) in [5.41, 5.74) is 6.50. The fraction of sp³-hybridized carbons (Fsp3) is 0.462. The van der Waals surface area contributed by atoms with E-state index in [1.807, 2.05) is 0 Å². The number of nitro groups is 1. The summed E-state index contributed by atoms with van der Waals surface area (Å²) in [5.74, 6) is 0.164. The van der Waals surface area contributed by atoms with E-state index in [0.717, 1.165) is 30.5 Å². The van der Waals surface area contributed by atoms with Gasteiger partial charge in [-0.25, -0.2) is 9.97 Å². The molecule has 3 rings (SSSR count). The number of thiazole rings is 1. The summed E-state index contributed by atoms with van der Waals surface area (Å²) < 4.78 is 0. The number of nitrogens with two attached hydrogens (primary N) is 1. The Hall–Kier alpha value is -2.29. The normalized spacial score (nSPS) is 13.6. The smallest absolute Gasteiger partial charge is 0.329 e. The van der Waals surface area contributed by atoms with Crippen LogP contribution < -0.4 is 11.1 Å². The number of rotatable bonds is 5. The van der Waals surface area contributed by atoms with E-state index >= 15 is 0 Å². The van der Waals surface area contributed by atoms with Crippen molar-refractivity contribution in [2.75, 3.05) is 17.6 Å². The van der Waals surface area contributed by atoms with Crippen LogP contribution in [0.2, 0.25) is 0 Å². The first-order chi connectivity index (χ1) is 10.6. The zero-order chi connectivity index (χ0) is 15.5. The van der Waals surface area contributed by atoms with Crippen molar-refractivity contribution in [3.05, 3.63) is 31.9 Å². The molecule has 2 aromatic heterocycles. The van der Waals surface area contributed by atoms with Gasteiger partial charge in [0.25, 0.3) is 0 Å². The molecule has 0 atom stereocenters. The maximum absolute atomic E-state index is 10.6. The van der Waals surface area contributed by atoms with Gasteiger partial charge in [-0.1, -0.05) is 0 Å². The van der Waals surface area contributed by atoms with Crippen molar-refractivity contribution >= 4 is 28.8 Å². The number of nitrogens with one attached hydrogen (secondary N) is 1. The Labute approximate surface area is 131 Å². The standard InChI is InChI=1S/C13H16N6O2S/c14-12-9(19(20)21)7-16-13(18-12)15-6-5-11-17-8-3-1-2-4-10(8)22-11/h7H,1-6H2,(H3,14,15,16,18). The Balaban J connectivity index is 1.58. The highest BCUT2D eigenvalue weighted by molar-refractivity contribution is 7.11. The number of nitrogens with zero attached hydrogens (tertiary/aromatic N) is 4. The zero-order valence-corrected chi connectivity index (χ0v) is 12.7. The molecule has 8 nitrogen and oxygen atoms in total. The lowest BCUT2D eigenvalue weighted by Gasteiger charge is -2.06. The number of aromatic nitrogens is 3. The van der Waals surface area contributed by atoms with E-state index in [4.69, 9.17) is 5.73 Å². The zero-order valence-electron chi connectivity index (χ0n) is 11.9. The van der Waals surface area contributed by atoms with Crippen LogP contribution in [0.4, 0.5) is 17.5 Å². The summed E-state index contributed by atoms with van der Waals surface area (Å²) in [6.45, 7) is 0.615. The van der Waals surface area contributed by atoms with E-state index in [-0.39, 0.29) is 11.5 Å². The molecule has 22 heavy (non-hydrogen) atoms. The molecule has 0 amide bonds. The summed E-state index contributed by atoms with van der Waals surface area (Å²) >= 11 is 1.77. The Morgan fingerprint density at radius 3 is 2.91 bits per heavy atom. The molecule has 2 aromatic rings. The lowest BCUT2D eigenvalue weighted by atomic mass is 10.0. The number of hydrogen-bond donors (Lipinski definition) is 2. The second-order valence-electron chi connectivity index (χ2n) is 5.08. The van der Waals surface area contributed by atoms with E-state index in [0.29, 0.717) is 12.5 Å². The Kier molecular flexibility index (Phi) is 4.14. The minimum Gasteiger partial charge on any atom is -0.378 e. The largest absolute Gasteiger partial charge is 0.378 e. The second kappa shape index (κ2) is 6.22. The summed E-state index contributed by atoms with van der Waals surface area (Å²) in [4.78, 5) is 23.9. The van der Waals surface area contributed by atoms with Gasteiger partial charge in [-0.3, -0.25) is 10.1 Å².